The van der Waals surface area contributed by atoms with Crippen LogP contribution in [0.4, 0.5) is 10.1 Å². The first kappa shape index (κ1) is 14.7. The summed E-state index contributed by atoms with van der Waals surface area (Å²) in [7, 11) is 1.63. The van der Waals surface area contributed by atoms with Crippen LogP contribution in [0.3, 0.4) is 0 Å². The zero-order valence-electron chi connectivity index (χ0n) is 10.8. The van der Waals surface area contributed by atoms with Gasteiger partial charge in [-0.2, -0.15) is 0 Å². The summed E-state index contributed by atoms with van der Waals surface area (Å²) >= 11 is 7.28. The highest BCUT2D eigenvalue weighted by atomic mass is 35.5. The lowest BCUT2D eigenvalue weighted by Gasteiger charge is -2.18. The van der Waals surface area contributed by atoms with Gasteiger partial charge in [-0.15, -0.1) is 11.3 Å². The molecule has 4 nitrogen and oxygen atoms in total. The highest BCUT2D eigenvalue weighted by Crippen LogP contribution is 2.23. The predicted octanol–water partition coefficient (Wildman–Crippen LogP) is 2.83. The summed E-state index contributed by atoms with van der Waals surface area (Å²) in [6, 6.07) is 2.46. The van der Waals surface area contributed by atoms with Crippen LogP contribution < -0.4 is 5.73 Å². The zero-order chi connectivity index (χ0) is 14.7. The van der Waals surface area contributed by atoms with Crippen LogP contribution in [0.2, 0.25) is 5.02 Å². The second kappa shape index (κ2) is 6.19. The second-order valence-corrected chi connectivity index (χ2v) is 5.67. The number of benzene rings is 1. The van der Waals surface area contributed by atoms with Gasteiger partial charge in [-0.3, -0.25) is 4.79 Å². The van der Waals surface area contributed by atoms with Gasteiger partial charge in [0, 0.05) is 36.6 Å². The Bertz CT molecular complexity index is 618. The van der Waals surface area contributed by atoms with Gasteiger partial charge in [-0.05, 0) is 12.1 Å². The van der Waals surface area contributed by atoms with E-state index in [0.29, 0.717) is 13.0 Å². The van der Waals surface area contributed by atoms with Crippen molar-refractivity contribution in [2.24, 2.45) is 0 Å². The predicted molar refractivity (Wildman–Crippen MR) is 78.6 cm³/mol. The number of nitrogens with two attached hydrogens (primary N) is 1. The normalized spacial score (nSPS) is 10.6. The van der Waals surface area contributed by atoms with E-state index in [2.05, 4.69) is 4.98 Å². The van der Waals surface area contributed by atoms with Gasteiger partial charge in [0.15, 0.2) is 0 Å². The molecule has 1 aromatic heterocycles. The van der Waals surface area contributed by atoms with Gasteiger partial charge in [0.2, 0.25) is 0 Å². The first-order chi connectivity index (χ1) is 9.49. The summed E-state index contributed by atoms with van der Waals surface area (Å²) in [5.74, 6) is -1.05. The molecule has 0 radical (unpaired) electrons. The first-order valence-corrected chi connectivity index (χ1v) is 7.13. The van der Waals surface area contributed by atoms with Gasteiger partial charge in [0.1, 0.15) is 5.82 Å². The van der Waals surface area contributed by atoms with Crippen molar-refractivity contribution in [3.05, 3.63) is 45.1 Å². The van der Waals surface area contributed by atoms with Gasteiger partial charge in [-0.25, -0.2) is 9.37 Å². The maximum Gasteiger partial charge on any atom is 0.255 e. The van der Waals surface area contributed by atoms with Crippen molar-refractivity contribution in [2.45, 2.75) is 6.42 Å². The molecule has 1 aromatic carbocycles. The molecule has 1 heterocycles. The standard InChI is InChI=1S/C13H13ClFN3OS/c1-18(4-2-11-17-3-5-20-11)13(19)9-6-8(14)7-10(15)12(9)16/h3,5-7H,2,4,16H2,1H3. The Labute approximate surface area is 125 Å². The molecular formula is C13H13ClFN3OS. The van der Waals surface area contributed by atoms with Crippen LogP contribution in [0.5, 0.6) is 0 Å². The number of hydrogen-bond donors (Lipinski definition) is 1. The number of rotatable bonds is 4. The summed E-state index contributed by atoms with van der Waals surface area (Å²) in [6.45, 7) is 0.472. The highest BCUT2D eigenvalue weighted by Gasteiger charge is 2.18. The number of nitrogen functional groups attached to an aromatic ring is 1. The Morgan fingerprint density at radius 2 is 2.30 bits per heavy atom. The molecule has 7 heteroatoms. The molecule has 2 N–H and O–H groups in total. The molecule has 20 heavy (non-hydrogen) atoms. The fourth-order valence-corrected chi connectivity index (χ4v) is 2.52. The van der Waals surface area contributed by atoms with Gasteiger partial charge in [-0.1, -0.05) is 11.6 Å². The highest BCUT2D eigenvalue weighted by molar-refractivity contribution is 7.09. The Hall–Kier alpha value is -1.66. The molecule has 0 atom stereocenters. The van der Waals surface area contributed by atoms with E-state index in [0.717, 1.165) is 11.1 Å². The summed E-state index contributed by atoms with van der Waals surface area (Å²) in [6.07, 6.45) is 2.36. The fourth-order valence-electron chi connectivity index (χ4n) is 1.71. The Morgan fingerprint density at radius 1 is 1.55 bits per heavy atom. The molecule has 0 saturated carbocycles. The Morgan fingerprint density at radius 3 is 2.95 bits per heavy atom. The SMILES string of the molecule is CN(CCc1nccs1)C(=O)c1cc(Cl)cc(F)c1N. The molecular weight excluding hydrogens is 301 g/mol. The molecule has 0 saturated heterocycles. The minimum Gasteiger partial charge on any atom is -0.396 e. The van der Waals surface area contributed by atoms with Crippen LogP contribution in [0, 0.1) is 5.82 Å². The smallest absolute Gasteiger partial charge is 0.255 e. The molecule has 0 unspecified atom stereocenters. The second-order valence-electron chi connectivity index (χ2n) is 4.25. The molecule has 0 fully saturated rings. The van der Waals surface area contributed by atoms with Gasteiger partial charge >= 0.3 is 0 Å². The lowest BCUT2D eigenvalue weighted by molar-refractivity contribution is 0.0797. The van der Waals surface area contributed by atoms with Crippen LogP contribution in [-0.2, 0) is 6.42 Å². The van der Waals surface area contributed by atoms with Crippen LogP contribution in [-0.4, -0.2) is 29.4 Å². The van der Waals surface area contributed by atoms with Crippen molar-refractivity contribution >= 4 is 34.5 Å². The number of thiazole rings is 1. The van der Waals surface area contributed by atoms with Crippen molar-refractivity contribution in [3.8, 4) is 0 Å². The third kappa shape index (κ3) is 3.26. The van der Waals surface area contributed by atoms with Gasteiger partial charge < -0.3 is 10.6 Å². The van der Waals surface area contributed by atoms with Crippen LogP contribution in [0.1, 0.15) is 15.4 Å². The topological polar surface area (TPSA) is 59.2 Å². The van der Waals surface area contributed by atoms with Crippen molar-refractivity contribution in [3.63, 3.8) is 0 Å². The molecule has 0 aliphatic rings. The van der Waals surface area contributed by atoms with Crippen molar-refractivity contribution in [1.82, 2.24) is 9.88 Å². The number of hydrogen-bond acceptors (Lipinski definition) is 4. The van der Waals surface area contributed by atoms with E-state index < -0.39 is 5.82 Å². The summed E-state index contributed by atoms with van der Waals surface area (Å²) in [5.41, 5.74) is 5.49. The third-order valence-corrected chi connectivity index (χ3v) is 3.87. The minimum absolute atomic E-state index is 0.0802. The summed E-state index contributed by atoms with van der Waals surface area (Å²) < 4.78 is 13.5. The Balaban J connectivity index is 2.10. The number of carbonyl (C=O) groups is 1. The quantitative estimate of drug-likeness (QED) is 0.883. The van der Waals surface area contributed by atoms with Crippen molar-refractivity contribution in [1.29, 1.82) is 0 Å². The monoisotopic (exact) mass is 313 g/mol. The molecule has 2 aromatic rings. The van der Waals surface area contributed by atoms with E-state index in [-0.39, 0.29) is 22.2 Å². The molecule has 2 rings (SSSR count). The number of amides is 1. The molecule has 106 valence electrons. The minimum atomic E-state index is -0.686. The number of halogens is 2. The molecule has 0 spiro atoms. The van der Waals surface area contributed by atoms with Gasteiger partial charge in [0.25, 0.3) is 5.91 Å². The molecule has 0 aliphatic carbocycles. The molecule has 0 aliphatic heterocycles. The number of likely N-dealkylation sites (N-methyl/N-ethyl adjacent to an activating group) is 1. The summed E-state index contributed by atoms with van der Waals surface area (Å²) in [4.78, 5) is 17.8. The largest absolute Gasteiger partial charge is 0.396 e. The van der Waals surface area contributed by atoms with E-state index in [4.69, 9.17) is 17.3 Å². The average Bonchev–Trinajstić information content (AvgIpc) is 2.92. The molecule has 1 amide bonds. The number of carbonyl (C=O) groups excluding carboxylic acids is 1. The number of anilines is 1. The molecule has 0 bridgehead atoms. The van der Waals surface area contributed by atoms with Crippen molar-refractivity contribution in [2.75, 3.05) is 19.3 Å². The lowest BCUT2D eigenvalue weighted by atomic mass is 10.1. The number of nitrogens with zero attached hydrogens (tertiary/aromatic N) is 2. The van der Waals surface area contributed by atoms with E-state index in [1.54, 1.807) is 13.2 Å². The first-order valence-electron chi connectivity index (χ1n) is 5.87. The van der Waals surface area contributed by atoms with Gasteiger partial charge in [0.05, 0.1) is 16.3 Å². The lowest BCUT2D eigenvalue weighted by Crippen LogP contribution is -2.29. The maximum absolute atomic E-state index is 13.5. The number of aromatic nitrogens is 1. The Kier molecular flexibility index (Phi) is 4.57. The fraction of sp³-hybridized carbons (Fsp3) is 0.231. The zero-order valence-corrected chi connectivity index (χ0v) is 12.3. The average molecular weight is 314 g/mol. The van der Waals surface area contributed by atoms with Crippen molar-refractivity contribution < 1.29 is 9.18 Å². The van der Waals surface area contributed by atoms with E-state index in [1.165, 1.54) is 22.3 Å². The van der Waals surface area contributed by atoms with E-state index >= 15 is 0 Å². The van der Waals surface area contributed by atoms with E-state index in [9.17, 15) is 9.18 Å². The third-order valence-electron chi connectivity index (χ3n) is 2.82. The maximum atomic E-state index is 13.5. The van der Waals surface area contributed by atoms with Crippen LogP contribution >= 0.6 is 22.9 Å². The summed E-state index contributed by atoms with van der Waals surface area (Å²) in [5, 5.41) is 2.96. The van der Waals surface area contributed by atoms with E-state index in [1.807, 2.05) is 5.38 Å². The van der Waals surface area contributed by atoms with Crippen LogP contribution in [0.15, 0.2) is 23.7 Å². The van der Waals surface area contributed by atoms with Crippen LogP contribution in [0.25, 0.3) is 0 Å².